The molecule has 9 nitrogen and oxygen atoms in total. The number of ether oxygens (including phenoxy) is 1. The van der Waals surface area contributed by atoms with Gasteiger partial charge < -0.3 is 10.1 Å². The normalized spacial score (nSPS) is 14.6. The quantitative estimate of drug-likeness (QED) is 0.528. The molecule has 1 fully saturated rings. The summed E-state index contributed by atoms with van der Waals surface area (Å²) in [4.78, 5) is 23.3. The lowest BCUT2D eigenvalue weighted by molar-refractivity contribution is -0.384. The van der Waals surface area contributed by atoms with Crippen LogP contribution < -0.4 is 10.1 Å². The number of methoxy groups -OCH3 is 1. The van der Waals surface area contributed by atoms with Crippen molar-refractivity contribution in [3.8, 4) is 5.75 Å². The number of nitrogens with zero attached hydrogens (tertiary/aromatic N) is 2. The summed E-state index contributed by atoms with van der Waals surface area (Å²) in [5.41, 5.74) is -0.105. The Bertz CT molecular complexity index is 1050. The number of rotatable bonds is 7. The van der Waals surface area contributed by atoms with E-state index in [9.17, 15) is 23.3 Å². The molecule has 2 aromatic rings. The second-order valence-corrected chi connectivity index (χ2v) is 9.08. The summed E-state index contributed by atoms with van der Waals surface area (Å²) >= 11 is 0. The van der Waals surface area contributed by atoms with E-state index < -0.39 is 20.9 Å². The zero-order valence-electron chi connectivity index (χ0n) is 16.7. The molecule has 0 aromatic heterocycles. The molecular weight excluding hydrogens is 410 g/mol. The van der Waals surface area contributed by atoms with Gasteiger partial charge in [-0.05, 0) is 49.2 Å². The molecule has 3 rings (SSSR count). The molecule has 30 heavy (non-hydrogen) atoms. The molecule has 1 aliphatic carbocycles. The van der Waals surface area contributed by atoms with Crippen molar-refractivity contribution in [2.45, 2.75) is 36.6 Å². The number of carbonyl (C=O) groups excluding carboxylic acids is 1. The molecule has 2 aromatic carbocycles. The Labute approximate surface area is 174 Å². The molecule has 0 unspecified atom stereocenters. The summed E-state index contributed by atoms with van der Waals surface area (Å²) in [6, 6.07) is 9.61. The van der Waals surface area contributed by atoms with Crippen LogP contribution in [0.4, 0.5) is 11.4 Å². The van der Waals surface area contributed by atoms with E-state index in [4.69, 9.17) is 4.74 Å². The third-order valence-corrected chi connectivity index (χ3v) is 7.21. The lowest BCUT2D eigenvalue weighted by Crippen LogP contribution is -2.35. The molecule has 0 aliphatic heterocycles. The maximum atomic E-state index is 12.8. The zero-order chi connectivity index (χ0) is 21.9. The van der Waals surface area contributed by atoms with Crippen LogP contribution in [0, 0.1) is 10.1 Å². The number of benzene rings is 2. The first-order valence-electron chi connectivity index (χ1n) is 9.46. The van der Waals surface area contributed by atoms with E-state index in [-0.39, 0.29) is 27.9 Å². The average molecular weight is 433 g/mol. The first kappa shape index (κ1) is 21.7. The Morgan fingerprint density at radius 1 is 1.17 bits per heavy atom. The Balaban J connectivity index is 1.78. The van der Waals surface area contributed by atoms with Gasteiger partial charge in [-0.25, -0.2) is 8.42 Å². The van der Waals surface area contributed by atoms with Crippen LogP contribution in [0.25, 0.3) is 0 Å². The van der Waals surface area contributed by atoms with Crippen molar-refractivity contribution in [1.82, 2.24) is 4.31 Å². The Kier molecular flexibility index (Phi) is 6.37. The number of hydrogen-bond donors (Lipinski definition) is 1. The molecule has 160 valence electrons. The Hall–Kier alpha value is -2.98. The molecule has 0 heterocycles. The number of hydrogen-bond acceptors (Lipinski definition) is 6. The van der Waals surface area contributed by atoms with Gasteiger partial charge in [0, 0.05) is 18.7 Å². The molecule has 1 saturated carbocycles. The fourth-order valence-electron chi connectivity index (χ4n) is 3.50. The molecule has 0 radical (unpaired) electrons. The topological polar surface area (TPSA) is 119 Å². The van der Waals surface area contributed by atoms with Crippen molar-refractivity contribution in [1.29, 1.82) is 0 Å². The van der Waals surface area contributed by atoms with Crippen LogP contribution in [0.1, 0.15) is 36.0 Å². The van der Waals surface area contributed by atoms with Gasteiger partial charge in [-0.2, -0.15) is 4.31 Å². The van der Waals surface area contributed by atoms with Gasteiger partial charge in [0.15, 0.2) is 0 Å². The van der Waals surface area contributed by atoms with Crippen LogP contribution in [0.5, 0.6) is 5.75 Å². The van der Waals surface area contributed by atoms with Crippen LogP contribution in [-0.2, 0) is 10.0 Å². The number of nitro groups is 1. The van der Waals surface area contributed by atoms with Crippen LogP contribution >= 0.6 is 0 Å². The lowest BCUT2D eigenvalue weighted by Gasteiger charge is -2.23. The van der Waals surface area contributed by atoms with Gasteiger partial charge in [0.1, 0.15) is 11.4 Å². The third-order valence-electron chi connectivity index (χ3n) is 5.28. The zero-order valence-corrected chi connectivity index (χ0v) is 17.5. The monoisotopic (exact) mass is 433 g/mol. The van der Waals surface area contributed by atoms with Gasteiger partial charge in [0.2, 0.25) is 10.0 Å². The molecule has 1 amide bonds. The number of nitro benzene ring substituents is 1. The highest BCUT2D eigenvalue weighted by Gasteiger charge is 2.30. The average Bonchev–Trinajstić information content (AvgIpc) is 3.28. The molecule has 0 spiro atoms. The lowest BCUT2D eigenvalue weighted by atomic mass is 10.2. The number of amides is 1. The Morgan fingerprint density at radius 3 is 2.37 bits per heavy atom. The van der Waals surface area contributed by atoms with Crippen molar-refractivity contribution < 1.29 is 22.9 Å². The van der Waals surface area contributed by atoms with Crippen molar-refractivity contribution in [2.24, 2.45) is 0 Å². The maximum Gasteiger partial charge on any atom is 0.296 e. The standard InChI is InChI=1S/C20H23N3O6S/c1-22(15-5-3-4-6-15)30(27,28)17-10-7-14(8-11-17)20(24)21-18-12-9-16(29-2)13-19(18)23(25)26/h7-13,15H,3-6H2,1-2H3,(H,21,24). The molecule has 0 atom stereocenters. The van der Waals surface area contributed by atoms with Gasteiger partial charge in [-0.1, -0.05) is 12.8 Å². The molecule has 1 aliphatic rings. The van der Waals surface area contributed by atoms with Gasteiger partial charge in [0.05, 0.1) is 23.0 Å². The summed E-state index contributed by atoms with van der Waals surface area (Å²) in [5, 5.41) is 13.8. The van der Waals surface area contributed by atoms with E-state index in [1.54, 1.807) is 7.05 Å². The molecule has 0 saturated heterocycles. The van der Waals surface area contributed by atoms with Gasteiger partial charge in [0.25, 0.3) is 11.6 Å². The van der Waals surface area contributed by atoms with E-state index in [2.05, 4.69) is 5.32 Å². The summed E-state index contributed by atoms with van der Waals surface area (Å²) in [5.74, 6) is -0.294. The largest absolute Gasteiger partial charge is 0.496 e. The van der Waals surface area contributed by atoms with E-state index in [1.165, 1.54) is 53.9 Å². The predicted molar refractivity (Wildman–Crippen MR) is 111 cm³/mol. The second-order valence-electron chi connectivity index (χ2n) is 7.08. The minimum Gasteiger partial charge on any atom is -0.496 e. The number of sulfonamides is 1. The highest BCUT2D eigenvalue weighted by molar-refractivity contribution is 7.89. The van der Waals surface area contributed by atoms with Gasteiger partial charge in [-0.15, -0.1) is 0 Å². The summed E-state index contributed by atoms with van der Waals surface area (Å²) in [7, 11) is -0.687. The first-order chi connectivity index (χ1) is 14.2. The smallest absolute Gasteiger partial charge is 0.296 e. The minimum atomic E-state index is -3.65. The highest BCUT2D eigenvalue weighted by Crippen LogP contribution is 2.30. The minimum absolute atomic E-state index is 0.00593. The van der Waals surface area contributed by atoms with E-state index in [0.717, 1.165) is 25.7 Å². The fraction of sp³-hybridized carbons (Fsp3) is 0.350. The van der Waals surface area contributed by atoms with Crippen LogP contribution in [0.15, 0.2) is 47.4 Å². The van der Waals surface area contributed by atoms with Crippen molar-refractivity contribution in [3.63, 3.8) is 0 Å². The van der Waals surface area contributed by atoms with Gasteiger partial charge in [-0.3, -0.25) is 14.9 Å². The second kappa shape index (κ2) is 8.80. The number of anilines is 1. The highest BCUT2D eigenvalue weighted by atomic mass is 32.2. The summed E-state index contributed by atoms with van der Waals surface area (Å²) < 4.78 is 32.0. The molecule has 1 N–H and O–H groups in total. The molecule has 0 bridgehead atoms. The number of nitrogens with one attached hydrogen (secondary N) is 1. The maximum absolute atomic E-state index is 12.8. The van der Waals surface area contributed by atoms with Crippen LogP contribution in [-0.4, -0.2) is 43.8 Å². The molecular formula is C20H23N3O6S. The predicted octanol–water partition coefficient (Wildman–Crippen LogP) is 3.42. The third kappa shape index (κ3) is 4.44. The Morgan fingerprint density at radius 2 is 1.80 bits per heavy atom. The fourth-order valence-corrected chi connectivity index (χ4v) is 4.91. The summed E-state index contributed by atoms with van der Waals surface area (Å²) in [6.45, 7) is 0. The first-order valence-corrected chi connectivity index (χ1v) is 10.9. The van der Waals surface area contributed by atoms with E-state index >= 15 is 0 Å². The van der Waals surface area contributed by atoms with Crippen LogP contribution in [0.2, 0.25) is 0 Å². The van der Waals surface area contributed by atoms with Gasteiger partial charge >= 0.3 is 0 Å². The van der Waals surface area contributed by atoms with Crippen molar-refractivity contribution in [3.05, 3.63) is 58.1 Å². The van der Waals surface area contributed by atoms with Crippen molar-refractivity contribution >= 4 is 27.3 Å². The molecule has 10 heteroatoms. The van der Waals surface area contributed by atoms with E-state index in [0.29, 0.717) is 5.75 Å². The van der Waals surface area contributed by atoms with E-state index in [1.807, 2.05) is 0 Å². The summed E-state index contributed by atoms with van der Waals surface area (Å²) in [6.07, 6.45) is 3.72. The van der Waals surface area contributed by atoms with Crippen molar-refractivity contribution in [2.75, 3.05) is 19.5 Å². The van der Waals surface area contributed by atoms with Crippen LogP contribution in [0.3, 0.4) is 0 Å². The SMILES string of the molecule is COc1ccc(NC(=O)c2ccc(S(=O)(=O)N(C)C3CCCC3)cc2)c([N+](=O)[O-])c1. The number of carbonyl (C=O) groups is 1.